The number of alkyl halides is 3. The van der Waals surface area contributed by atoms with Gasteiger partial charge in [0.1, 0.15) is 0 Å². The molecule has 9 heteroatoms. The fourth-order valence-electron chi connectivity index (χ4n) is 3.77. The molecular formula is C20H19F3N4O2. The summed E-state index contributed by atoms with van der Waals surface area (Å²) < 4.78 is 46.3. The Morgan fingerprint density at radius 1 is 1.31 bits per heavy atom. The first-order valence-electron chi connectivity index (χ1n) is 9.44. The Hall–Kier alpha value is -2.97. The molecule has 1 aliphatic heterocycles. The van der Waals surface area contributed by atoms with E-state index in [9.17, 15) is 18.0 Å². The molecule has 0 spiro atoms. The van der Waals surface area contributed by atoms with Crippen molar-refractivity contribution in [3.63, 3.8) is 0 Å². The second-order valence-corrected chi connectivity index (χ2v) is 7.09. The van der Waals surface area contributed by atoms with Gasteiger partial charge in [-0.25, -0.2) is 4.98 Å². The molecule has 29 heavy (non-hydrogen) atoms. The average molecular weight is 404 g/mol. The van der Waals surface area contributed by atoms with Gasteiger partial charge in [0.25, 0.3) is 11.6 Å². The zero-order valence-corrected chi connectivity index (χ0v) is 15.7. The van der Waals surface area contributed by atoms with Crippen LogP contribution in [-0.2, 0) is 12.6 Å². The van der Waals surface area contributed by atoms with Crippen LogP contribution in [-0.4, -0.2) is 39.0 Å². The number of carbonyl (C=O) groups excluding carboxylic acids is 1. The summed E-state index contributed by atoms with van der Waals surface area (Å²) in [6.07, 6.45) is 0.157. The lowest BCUT2D eigenvalue weighted by Gasteiger charge is -2.32. The number of aromatic nitrogens is 3. The molecule has 4 rings (SSSR count). The third kappa shape index (κ3) is 3.68. The minimum Gasteiger partial charge on any atom is -0.338 e. The molecule has 1 fully saturated rings. The fraction of sp³-hybridized carbons (Fsp3) is 0.400. The maximum atomic E-state index is 13.7. The van der Waals surface area contributed by atoms with E-state index in [0.717, 1.165) is 6.07 Å². The Kier molecular flexibility index (Phi) is 4.97. The summed E-state index contributed by atoms with van der Waals surface area (Å²) in [4.78, 5) is 22.5. The molecule has 0 N–H and O–H groups in total. The fourth-order valence-corrected chi connectivity index (χ4v) is 3.77. The molecule has 1 amide bonds. The third-order valence-electron chi connectivity index (χ3n) is 5.22. The first kappa shape index (κ1) is 19.4. The zero-order chi connectivity index (χ0) is 20.6. The predicted molar refractivity (Wildman–Crippen MR) is 98.3 cm³/mol. The quantitative estimate of drug-likeness (QED) is 0.654. The highest BCUT2D eigenvalue weighted by Gasteiger charge is 2.38. The highest BCUT2D eigenvalue weighted by atomic mass is 19.4. The van der Waals surface area contributed by atoms with Crippen LogP contribution < -0.4 is 0 Å². The van der Waals surface area contributed by atoms with Crippen LogP contribution in [0.3, 0.4) is 0 Å². The van der Waals surface area contributed by atoms with Crippen LogP contribution in [0.25, 0.3) is 11.1 Å². The number of halogens is 3. The third-order valence-corrected chi connectivity index (χ3v) is 5.22. The van der Waals surface area contributed by atoms with Crippen LogP contribution in [0.5, 0.6) is 0 Å². The van der Waals surface area contributed by atoms with Gasteiger partial charge in [0.05, 0.1) is 16.6 Å². The Morgan fingerprint density at radius 2 is 2.07 bits per heavy atom. The molecule has 0 bridgehead atoms. The van der Waals surface area contributed by atoms with Gasteiger partial charge in [-0.2, -0.15) is 13.2 Å². The molecule has 0 radical (unpaired) electrons. The van der Waals surface area contributed by atoms with Crippen LogP contribution >= 0.6 is 0 Å². The molecule has 1 atom stereocenters. The monoisotopic (exact) mass is 404 g/mol. The topological polar surface area (TPSA) is 72.1 Å². The Balaban J connectivity index is 1.70. The van der Waals surface area contributed by atoms with Crippen molar-refractivity contribution in [1.82, 2.24) is 20.0 Å². The average Bonchev–Trinajstić information content (AvgIpc) is 3.16. The summed E-state index contributed by atoms with van der Waals surface area (Å²) in [5.74, 6) is -0.529. The van der Waals surface area contributed by atoms with Crippen molar-refractivity contribution in [3.05, 3.63) is 53.1 Å². The van der Waals surface area contributed by atoms with Crippen LogP contribution in [0.1, 0.15) is 53.0 Å². The summed E-state index contributed by atoms with van der Waals surface area (Å²) in [6, 6.07) is 4.30. The van der Waals surface area contributed by atoms with E-state index >= 15 is 0 Å². The smallest absolute Gasteiger partial charge is 0.338 e. The van der Waals surface area contributed by atoms with Gasteiger partial charge in [-0.05, 0) is 37.5 Å². The molecule has 0 saturated carbocycles. The number of likely N-dealkylation sites (tertiary alicyclic amines) is 1. The molecule has 3 aromatic rings. The number of hydrogen-bond acceptors (Lipinski definition) is 5. The number of aryl methyl sites for hydroxylation is 1. The van der Waals surface area contributed by atoms with Crippen LogP contribution in [0, 0.1) is 0 Å². The van der Waals surface area contributed by atoms with E-state index in [4.69, 9.17) is 4.52 Å². The Labute approximate surface area is 164 Å². The number of pyridine rings is 2. The minimum atomic E-state index is -4.55. The molecule has 4 heterocycles. The number of hydrogen-bond donors (Lipinski definition) is 0. The molecule has 152 valence electrons. The van der Waals surface area contributed by atoms with Gasteiger partial charge in [0, 0.05) is 42.7 Å². The predicted octanol–water partition coefficient (Wildman–Crippen LogP) is 4.22. The highest BCUT2D eigenvalue weighted by molar-refractivity contribution is 5.94. The highest BCUT2D eigenvalue weighted by Crippen LogP contribution is 2.40. The van der Waals surface area contributed by atoms with Gasteiger partial charge >= 0.3 is 6.18 Å². The van der Waals surface area contributed by atoms with Gasteiger partial charge in [0.2, 0.25) is 0 Å². The molecule has 3 aromatic heterocycles. The number of amides is 1. The van der Waals surface area contributed by atoms with Gasteiger partial charge in [0.15, 0.2) is 0 Å². The first-order valence-corrected chi connectivity index (χ1v) is 9.44. The maximum absolute atomic E-state index is 13.7. The van der Waals surface area contributed by atoms with Crippen molar-refractivity contribution in [3.8, 4) is 0 Å². The first-order chi connectivity index (χ1) is 13.9. The molecule has 1 saturated heterocycles. The van der Waals surface area contributed by atoms with Crippen molar-refractivity contribution in [2.45, 2.75) is 38.3 Å². The Morgan fingerprint density at radius 3 is 2.76 bits per heavy atom. The maximum Gasteiger partial charge on any atom is 0.417 e. The van der Waals surface area contributed by atoms with Crippen LogP contribution in [0.2, 0.25) is 0 Å². The standard InChI is InChI=1S/C20H19F3N4O2/c1-2-14-10-15(20(21,22)23)16-17(26-29-18(16)25-14)13-4-3-9-27(11-13)19(28)12-5-7-24-8-6-12/h5-8,10,13H,2-4,9,11H2,1H3/t13-/m1/s1. The summed E-state index contributed by atoms with van der Waals surface area (Å²) in [5.41, 5.74) is 0.119. The van der Waals surface area contributed by atoms with Crippen molar-refractivity contribution in [2.75, 3.05) is 13.1 Å². The second kappa shape index (κ2) is 7.46. The van der Waals surface area contributed by atoms with E-state index in [2.05, 4.69) is 15.1 Å². The lowest BCUT2D eigenvalue weighted by molar-refractivity contribution is -0.136. The number of piperidine rings is 1. The van der Waals surface area contributed by atoms with Crippen LogP contribution in [0.4, 0.5) is 13.2 Å². The SMILES string of the molecule is CCc1cc(C(F)(F)F)c2c([C@@H]3CCCN(C(=O)c4ccncc4)C3)noc2n1. The summed E-state index contributed by atoms with van der Waals surface area (Å²) in [7, 11) is 0. The number of rotatable bonds is 3. The number of fused-ring (bicyclic) bond motifs is 1. The molecule has 0 aliphatic carbocycles. The van der Waals surface area contributed by atoms with Gasteiger partial charge in [-0.1, -0.05) is 12.1 Å². The molecule has 6 nitrogen and oxygen atoms in total. The van der Waals surface area contributed by atoms with E-state index < -0.39 is 11.7 Å². The summed E-state index contributed by atoms with van der Waals surface area (Å²) in [6.45, 7) is 2.54. The van der Waals surface area contributed by atoms with Gasteiger partial charge in [-0.15, -0.1) is 0 Å². The number of carbonyl (C=O) groups is 1. The second-order valence-electron chi connectivity index (χ2n) is 7.09. The lowest BCUT2D eigenvalue weighted by Crippen LogP contribution is -2.39. The number of nitrogens with zero attached hydrogens (tertiary/aromatic N) is 4. The van der Waals surface area contributed by atoms with Gasteiger partial charge < -0.3 is 9.42 Å². The van der Waals surface area contributed by atoms with Crippen molar-refractivity contribution in [1.29, 1.82) is 0 Å². The van der Waals surface area contributed by atoms with Crippen molar-refractivity contribution in [2.24, 2.45) is 0 Å². The van der Waals surface area contributed by atoms with Crippen molar-refractivity contribution >= 4 is 17.0 Å². The molecular weight excluding hydrogens is 385 g/mol. The molecule has 0 aromatic carbocycles. The summed E-state index contributed by atoms with van der Waals surface area (Å²) in [5, 5.41) is 3.85. The summed E-state index contributed by atoms with van der Waals surface area (Å²) >= 11 is 0. The van der Waals surface area contributed by atoms with Crippen LogP contribution in [0.15, 0.2) is 35.1 Å². The molecule has 0 unspecified atom stereocenters. The van der Waals surface area contributed by atoms with Gasteiger partial charge in [-0.3, -0.25) is 9.78 Å². The van der Waals surface area contributed by atoms with E-state index in [0.29, 0.717) is 37.1 Å². The zero-order valence-electron chi connectivity index (χ0n) is 15.7. The Bertz CT molecular complexity index is 1030. The van der Waals surface area contributed by atoms with E-state index in [-0.39, 0.29) is 35.2 Å². The van der Waals surface area contributed by atoms with E-state index in [1.165, 1.54) is 12.4 Å². The van der Waals surface area contributed by atoms with E-state index in [1.807, 2.05) is 0 Å². The molecule has 1 aliphatic rings. The largest absolute Gasteiger partial charge is 0.417 e. The normalized spacial score (nSPS) is 17.7. The van der Waals surface area contributed by atoms with E-state index in [1.54, 1.807) is 24.0 Å². The lowest BCUT2D eigenvalue weighted by atomic mass is 9.91. The minimum absolute atomic E-state index is 0.0992. The van der Waals surface area contributed by atoms with Crippen molar-refractivity contribution < 1.29 is 22.5 Å².